The minimum atomic E-state index is -0.401. The minimum Gasteiger partial charge on any atom is -0.495 e. The second-order valence-electron chi connectivity index (χ2n) is 36.3. The molecular formula is C102H118Cl6N18O18. The number of allylic oxidation sites excluding steroid dienone is 3. The molecule has 0 bridgehead atoms. The van der Waals surface area contributed by atoms with Crippen LogP contribution in [0.4, 0.5) is 17.8 Å². The molecule has 8 atom stereocenters. The number of carbonyl (C=O) groups is 6. The van der Waals surface area contributed by atoms with Gasteiger partial charge in [-0.3, -0.25) is 56.9 Å². The van der Waals surface area contributed by atoms with E-state index >= 15 is 0 Å². The summed E-state index contributed by atoms with van der Waals surface area (Å²) < 4.78 is 54.5. The molecule has 6 saturated heterocycles. The van der Waals surface area contributed by atoms with Crippen LogP contribution in [0.2, 0.25) is 30.1 Å². The third-order valence-electron chi connectivity index (χ3n) is 26.0. The predicted molar refractivity (Wildman–Crippen MR) is 558 cm³/mol. The van der Waals surface area contributed by atoms with E-state index in [0.29, 0.717) is 192 Å². The van der Waals surface area contributed by atoms with E-state index < -0.39 is 5.56 Å². The number of benzene rings is 3. The first kappa shape index (κ1) is 109. The molecule has 6 aromatic heterocycles. The molecule has 0 saturated carbocycles. The Hall–Kier alpha value is -12.1. The van der Waals surface area contributed by atoms with Crippen molar-refractivity contribution < 1.29 is 71.4 Å². The number of aromatic nitrogens is 9. The number of carbonyl (C=O) groups excluding carboxylic acids is 6. The fourth-order valence-corrected chi connectivity index (χ4v) is 20.4. The number of fused-ring (bicyclic) bond motifs is 3. The molecule has 36 nitrogen and oxygen atoms in total. The number of ether oxygens (including phenoxy) is 9. The van der Waals surface area contributed by atoms with E-state index in [9.17, 15) is 43.2 Å². The molecule has 6 fully saturated rings. The Morgan fingerprint density at radius 3 is 1.24 bits per heavy atom. The number of likely N-dealkylation sites (tertiary alicyclic amines) is 2. The Balaban J connectivity index is 0.000000181. The maximum Gasteiger partial charge on any atom is 0.298 e. The van der Waals surface area contributed by atoms with Crippen molar-refractivity contribution in [2.75, 3.05) is 192 Å². The van der Waals surface area contributed by atoms with Crippen molar-refractivity contribution in [2.24, 2.45) is 29.6 Å². The van der Waals surface area contributed by atoms with Gasteiger partial charge in [0.25, 0.3) is 22.6 Å². The molecule has 0 spiro atoms. The van der Waals surface area contributed by atoms with Crippen LogP contribution in [0, 0.1) is 41.4 Å². The molecule has 6 aliphatic heterocycles. The summed E-state index contributed by atoms with van der Waals surface area (Å²) in [6.45, 7) is 20.9. The number of nitrogens with zero attached hydrogens (tertiary/aromatic N) is 15. The minimum absolute atomic E-state index is 0.00604. The van der Waals surface area contributed by atoms with Gasteiger partial charge in [-0.2, -0.15) is 15.0 Å². The Kier molecular flexibility index (Phi) is 38.0. The van der Waals surface area contributed by atoms with Crippen LogP contribution < -0.4 is 61.0 Å². The normalized spacial score (nSPS) is 19.0. The third kappa shape index (κ3) is 25.7. The van der Waals surface area contributed by atoms with Crippen LogP contribution >= 0.6 is 69.6 Å². The smallest absolute Gasteiger partial charge is 0.298 e. The van der Waals surface area contributed by atoms with Gasteiger partial charge in [0.2, 0.25) is 29.7 Å². The van der Waals surface area contributed by atoms with Crippen molar-refractivity contribution in [3.05, 3.63) is 178 Å². The first-order valence-electron chi connectivity index (χ1n) is 46.8. The lowest BCUT2D eigenvalue weighted by Gasteiger charge is -2.39. The second kappa shape index (κ2) is 50.1. The molecule has 6 aliphatic rings. The zero-order valence-electron chi connectivity index (χ0n) is 82.4. The maximum atomic E-state index is 14.6. The number of ketones is 3. The summed E-state index contributed by atoms with van der Waals surface area (Å²) in [6, 6.07) is 8.81. The van der Waals surface area contributed by atoms with E-state index in [1.807, 2.05) is 57.2 Å². The van der Waals surface area contributed by atoms with Gasteiger partial charge in [-0.25, -0.2) is 15.0 Å². The van der Waals surface area contributed by atoms with Gasteiger partial charge in [-0.05, 0) is 116 Å². The lowest BCUT2D eigenvalue weighted by Crippen LogP contribution is -2.54. The number of piperazine rings is 1. The molecule has 0 aliphatic carbocycles. The molecule has 3 amide bonds. The van der Waals surface area contributed by atoms with Crippen molar-refractivity contribution >= 4 is 156 Å². The monoisotopic (exact) mass is 2090 g/mol. The summed E-state index contributed by atoms with van der Waals surface area (Å²) in [5.74, 6) is 7.22. The molecule has 6 unspecified atom stereocenters. The maximum absolute atomic E-state index is 14.6. The van der Waals surface area contributed by atoms with Crippen LogP contribution in [-0.2, 0) is 62.6 Å². The number of amides is 3. The van der Waals surface area contributed by atoms with E-state index in [1.165, 1.54) is 60.9 Å². The highest BCUT2D eigenvalue weighted by molar-refractivity contribution is 6.43. The Morgan fingerprint density at radius 1 is 0.472 bits per heavy atom. The number of rotatable bonds is 37. The zero-order chi connectivity index (χ0) is 104. The molecule has 144 heavy (non-hydrogen) atoms. The number of hydrogen-bond donors (Lipinski definition) is 3. The topological polar surface area (TPSA) is 384 Å². The number of halogens is 6. The molecular weight excluding hydrogens is 1980 g/mol. The van der Waals surface area contributed by atoms with E-state index in [2.05, 4.69) is 67.4 Å². The van der Waals surface area contributed by atoms with E-state index in [0.717, 1.165) is 0 Å². The van der Waals surface area contributed by atoms with Gasteiger partial charge < -0.3 is 88.0 Å². The van der Waals surface area contributed by atoms with Gasteiger partial charge in [0, 0.05) is 210 Å². The summed E-state index contributed by atoms with van der Waals surface area (Å²) >= 11 is 40.6. The number of likely N-dealkylation sites (N-methyl/N-ethyl adjacent to an activating group) is 3. The highest BCUT2D eigenvalue weighted by Crippen LogP contribution is 2.49. The summed E-state index contributed by atoms with van der Waals surface area (Å²) in [4.78, 5) is 158. The SMILES string of the molecule is C=CC(=O)CC1COCC1Nc1ncc2cc(-c3c(Cl)c(OC)cc(OC)c3Cl)c(=O)n(CC3CCN(C(=O)/C=C/CN(C)C)C3)c2n1.C=CC(=O)CC1COCC1Nc1ncc2cc(-c3c(Cl)c(OC)cc(OC)c3Cl)c(=O)n(CC3CN(C(=O)/C=C/CN(C)C)C3)c2n1.C=CC(=O)C[C@H]1CCOC[C@H]1Nc1ncc2cc(-c3c(Cl)c(OC)cc(OC)c3Cl)c(=O)n(CCC3CN(C)CCN3C(=O)C#CC)c2n1. The number of nitrogens with one attached hydrogen (secondary N) is 3. The van der Waals surface area contributed by atoms with Crippen LogP contribution in [0.5, 0.6) is 34.5 Å². The van der Waals surface area contributed by atoms with Crippen molar-refractivity contribution in [1.29, 1.82) is 0 Å². The highest BCUT2D eigenvalue weighted by atomic mass is 35.5. The Labute approximate surface area is 863 Å². The second-order valence-corrected chi connectivity index (χ2v) is 38.6. The quantitative estimate of drug-likeness (QED) is 0.0240. The van der Waals surface area contributed by atoms with E-state index in [-0.39, 0.29) is 213 Å². The molecule has 766 valence electrons. The van der Waals surface area contributed by atoms with Gasteiger partial charge in [-0.1, -0.05) is 107 Å². The van der Waals surface area contributed by atoms with E-state index in [4.69, 9.17) is 127 Å². The van der Waals surface area contributed by atoms with Gasteiger partial charge >= 0.3 is 0 Å². The lowest BCUT2D eigenvalue weighted by atomic mass is 9.90. The van der Waals surface area contributed by atoms with Crippen LogP contribution in [0.15, 0.2) is 132 Å². The van der Waals surface area contributed by atoms with Crippen LogP contribution in [0.3, 0.4) is 0 Å². The molecule has 12 heterocycles. The summed E-state index contributed by atoms with van der Waals surface area (Å²) in [7, 11) is 18.5. The first-order chi connectivity index (χ1) is 69.2. The largest absolute Gasteiger partial charge is 0.495 e. The lowest BCUT2D eigenvalue weighted by molar-refractivity contribution is -0.132. The first-order valence-corrected chi connectivity index (χ1v) is 49.1. The molecule has 3 N–H and O–H groups in total. The molecule has 3 aromatic carbocycles. The van der Waals surface area contributed by atoms with Crippen molar-refractivity contribution in [3.63, 3.8) is 0 Å². The molecule has 42 heteroatoms. The van der Waals surface area contributed by atoms with Crippen molar-refractivity contribution in [1.82, 2.24) is 73.0 Å². The fourth-order valence-electron chi connectivity index (χ4n) is 18.2. The van der Waals surface area contributed by atoms with Crippen LogP contribution in [0.1, 0.15) is 45.4 Å². The molecule has 9 aromatic rings. The summed E-state index contributed by atoms with van der Waals surface area (Å²) in [5, 5.41) is 12.6. The van der Waals surface area contributed by atoms with Crippen molar-refractivity contribution in [3.8, 4) is 79.7 Å². The summed E-state index contributed by atoms with van der Waals surface area (Å²) in [5.41, 5.74) is 1.46. The number of hydrogen-bond acceptors (Lipinski definition) is 30. The fraction of sp³-hybridized carbons (Fsp3) is 0.441. The Bertz CT molecular complexity index is 6590. The van der Waals surface area contributed by atoms with Gasteiger partial charge in [-0.15, -0.1) is 0 Å². The molecule has 0 radical (unpaired) electrons. The third-order valence-corrected chi connectivity index (χ3v) is 28.2. The van der Waals surface area contributed by atoms with E-state index in [1.54, 1.807) is 102 Å². The average molecular weight is 2100 g/mol. The average Bonchev–Trinajstić information content (AvgIpc) is 0.763. The van der Waals surface area contributed by atoms with Crippen LogP contribution in [0.25, 0.3) is 66.5 Å². The molecule has 15 rings (SSSR count). The van der Waals surface area contributed by atoms with Gasteiger partial charge in [0.15, 0.2) is 17.3 Å². The standard InChI is InChI=1S/C35H40Cl2N6O6.C34H40Cl2N6O6.C33H38Cl2N6O6/c1-6-8-29(45)42-13-12-41(3)19-23(42)9-11-43-33-22(16-25(34(43)46)30-31(36)27(47-4)17-28(48-5)32(30)37)18-38-35(40-33)39-26-20-49-14-10-21(26)15-24(44)7-2;1-6-23(43)12-22-18-48-19-25(22)38-34-37-15-21-13-24(29-30(35)26(46-4)14-27(47-5)31(29)36)33(45)42(32(21)39-34)17-20-9-11-41(16-20)28(44)8-7-10-40(2)3;1-6-22(42)10-21-17-47-18-24(21)37-33-36-13-20-11-23(28-29(34)25(45-4)12-26(46-5)30(28)35)32(44)41(31(20)38-33)16-19-14-40(15-19)27(43)8-7-9-39(2)3/h7,16-18,21,23,26H,2,9-15,19-20H2,1,3-5H3,(H,38,39,40);6-8,13-15,20,22,25H,1,9-12,16-19H2,2-5H3,(H,37,38,39);6-8,11-13,19,21,24H,1,9-10,14-18H2,2-5H3,(H,36,37,38)/b;2*8-7+/t21-,23?,26-;;/m1../s1. The van der Waals surface area contributed by atoms with Gasteiger partial charge in [0.05, 0.1) is 141 Å². The van der Waals surface area contributed by atoms with Crippen molar-refractivity contribution in [2.45, 2.75) is 89.3 Å². The predicted octanol–water partition coefficient (Wildman–Crippen LogP) is 12.6. The summed E-state index contributed by atoms with van der Waals surface area (Å²) in [6.07, 6.45) is 18.4. The number of anilines is 3. The number of methoxy groups -OCH3 is 6. The zero-order valence-corrected chi connectivity index (χ0v) is 86.9. The number of aryl methyl sites for hydroxylation is 1. The number of pyridine rings is 3. The van der Waals surface area contributed by atoms with Gasteiger partial charge in [0.1, 0.15) is 51.4 Å². The highest BCUT2D eigenvalue weighted by Gasteiger charge is 2.39. The Morgan fingerprint density at radius 2 is 0.840 bits per heavy atom. The van der Waals surface area contributed by atoms with Crippen LogP contribution in [-0.4, -0.2) is 309 Å².